The van der Waals surface area contributed by atoms with Gasteiger partial charge in [0, 0.05) is 24.0 Å². The van der Waals surface area contributed by atoms with E-state index in [2.05, 4.69) is 0 Å². The van der Waals surface area contributed by atoms with E-state index in [4.69, 9.17) is 4.74 Å². The van der Waals surface area contributed by atoms with Crippen molar-refractivity contribution >= 4 is 23.3 Å². The van der Waals surface area contributed by atoms with Crippen molar-refractivity contribution in [1.82, 2.24) is 4.90 Å². The molecule has 0 aromatic carbocycles. The van der Waals surface area contributed by atoms with Crippen LogP contribution in [0.5, 0.6) is 0 Å². The summed E-state index contributed by atoms with van der Waals surface area (Å²) < 4.78 is 5.18. The molecular weight excluding hydrogens is 210 g/mol. The van der Waals surface area contributed by atoms with Crippen LogP contribution in [0.1, 0.15) is 4.88 Å². The normalized spacial score (nSPS) is 17.2. The lowest BCUT2D eigenvalue weighted by molar-refractivity contribution is -0.129. The van der Waals surface area contributed by atoms with E-state index in [1.807, 2.05) is 28.5 Å². The van der Waals surface area contributed by atoms with Crippen LogP contribution in [0, 0.1) is 0 Å². The van der Waals surface area contributed by atoms with E-state index >= 15 is 0 Å². The monoisotopic (exact) mass is 223 g/mol. The average Bonchev–Trinajstić information content (AvgIpc) is 2.80. The SMILES string of the molecule is O=C(C=Cc1cccs1)N1CCOCC1. The number of hydrogen-bond donors (Lipinski definition) is 0. The highest BCUT2D eigenvalue weighted by Gasteiger charge is 2.13. The summed E-state index contributed by atoms with van der Waals surface area (Å²) in [6, 6.07) is 3.97. The van der Waals surface area contributed by atoms with E-state index < -0.39 is 0 Å². The summed E-state index contributed by atoms with van der Waals surface area (Å²) in [6.45, 7) is 2.71. The molecule has 0 radical (unpaired) electrons. The molecule has 1 aromatic rings. The molecular formula is C11H13NO2S. The number of nitrogens with zero attached hydrogens (tertiary/aromatic N) is 1. The fourth-order valence-electron chi connectivity index (χ4n) is 1.43. The van der Waals surface area contributed by atoms with Crippen molar-refractivity contribution in [2.24, 2.45) is 0 Å². The van der Waals surface area contributed by atoms with Gasteiger partial charge in [-0.15, -0.1) is 11.3 Å². The Kier molecular flexibility index (Phi) is 3.53. The van der Waals surface area contributed by atoms with Gasteiger partial charge in [-0.25, -0.2) is 0 Å². The summed E-state index contributed by atoms with van der Waals surface area (Å²) in [6.07, 6.45) is 3.50. The Balaban J connectivity index is 1.91. The smallest absolute Gasteiger partial charge is 0.246 e. The second kappa shape index (κ2) is 5.09. The predicted octanol–water partition coefficient (Wildman–Crippen LogP) is 1.62. The number of morpholine rings is 1. The summed E-state index contributed by atoms with van der Waals surface area (Å²) in [7, 11) is 0. The van der Waals surface area contributed by atoms with Crippen molar-refractivity contribution < 1.29 is 9.53 Å². The van der Waals surface area contributed by atoms with Crippen LogP contribution in [0.3, 0.4) is 0 Å². The topological polar surface area (TPSA) is 29.5 Å². The first-order chi connectivity index (χ1) is 7.36. The molecule has 4 heteroatoms. The molecule has 1 aromatic heterocycles. The summed E-state index contributed by atoms with van der Waals surface area (Å²) in [4.78, 5) is 14.6. The van der Waals surface area contributed by atoms with Gasteiger partial charge in [0.1, 0.15) is 0 Å². The zero-order chi connectivity index (χ0) is 10.5. The first-order valence-corrected chi connectivity index (χ1v) is 5.82. The van der Waals surface area contributed by atoms with Gasteiger partial charge in [-0.3, -0.25) is 4.79 Å². The van der Waals surface area contributed by atoms with Crippen LogP contribution >= 0.6 is 11.3 Å². The summed E-state index contributed by atoms with van der Waals surface area (Å²) in [5, 5.41) is 2.00. The molecule has 15 heavy (non-hydrogen) atoms. The fourth-order valence-corrected chi connectivity index (χ4v) is 2.05. The molecule has 0 aliphatic carbocycles. The number of thiophene rings is 1. The number of amides is 1. The molecule has 1 saturated heterocycles. The highest BCUT2D eigenvalue weighted by molar-refractivity contribution is 7.10. The van der Waals surface area contributed by atoms with E-state index in [1.54, 1.807) is 17.4 Å². The molecule has 0 bridgehead atoms. The minimum atomic E-state index is 0.0756. The van der Waals surface area contributed by atoms with Crippen LogP contribution in [-0.4, -0.2) is 37.1 Å². The lowest BCUT2D eigenvalue weighted by atomic mass is 10.3. The molecule has 0 saturated carbocycles. The van der Waals surface area contributed by atoms with Crippen molar-refractivity contribution in [3.05, 3.63) is 28.5 Å². The molecule has 0 unspecified atom stereocenters. The molecule has 0 spiro atoms. The Morgan fingerprint density at radius 3 is 2.93 bits per heavy atom. The third kappa shape index (κ3) is 2.91. The van der Waals surface area contributed by atoms with Crippen molar-refractivity contribution in [1.29, 1.82) is 0 Å². The van der Waals surface area contributed by atoms with Crippen LogP contribution < -0.4 is 0 Å². The highest BCUT2D eigenvalue weighted by Crippen LogP contribution is 2.10. The van der Waals surface area contributed by atoms with Crippen LogP contribution in [0.25, 0.3) is 6.08 Å². The van der Waals surface area contributed by atoms with Crippen molar-refractivity contribution in [2.75, 3.05) is 26.3 Å². The summed E-state index contributed by atoms with van der Waals surface area (Å²) >= 11 is 1.63. The van der Waals surface area contributed by atoms with E-state index in [9.17, 15) is 4.79 Å². The standard InChI is InChI=1S/C11H13NO2S/c13-11(12-5-7-14-8-6-12)4-3-10-2-1-9-15-10/h1-4,9H,5-8H2. The zero-order valence-corrected chi connectivity index (χ0v) is 9.20. The van der Waals surface area contributed by atoms with Crippen LogP contribution in [0.4, 0.5) is 0 Å². The molecule has 0 N–H and O–H groups in total. The zero-order valence-electron chi connectivity index (χ0n) is 8.39. The third-order valence-corrected chi connectivity index (χ3v) is 3.09. The predicted molar refractivity (Wildman–Crippen MR) is 60.8 cm³/mol. The molecule has 2 rings (SSSR count). The Morgan fingerprint density at radius 2 is 2.27 bits per heavy atom. The minimum Gasteiger partial charge on any atom is -0.378 e. The van der Waals surface area contributed by atoms with Crippen LogP contribution in [0.15, 0.2) is 23.6 Å². The second-order valence-electron chi connectivity index (χ2n) is 3.29. The van der Waals surface area contributed by atoms with Gasteiger partial charge in [-0.05, 0) is 17.5 Å². The maximum atomic E-state index is 11.7. The lowest BCUT2D eigenvalue weighted by Gasteiger charge is -2.25. The Bertz CT molecular complexity index is 339. The Morgan fingerprint density at radius 1 is 1.47 bits per heavy atom. The van der Waals surface area contributed by atoms with Crippen molar-refractivity contribution in [3.63, 3.8) is 0 Å². The summed E-state index contributed by atoms with van der Waals surface area (Å²) in [5.41, 5.74) is 0. The van der Waals surface area contributed by atoms with E-state index in [1.165, 1.54) is 0 Å². The van der Waals surface area contributed by atoms with Crippen LogP contribution in [-0.2, 0) is 9.53 Å². The summed E-state index contributed by atoms with van der Waals surface area (Å²) in [5.74, 6) is 0.0756. The van der Waals surface area contributed by atoms with Gasteiger partial charge in [-0.1, -0.05) is 6.07 Å². The fraction of sp³-hybridized carbons (Fsp3) is 0.364. The molecule has 0 atom stereocenters. The lowest BCUT2D eigenvalue weighted by Crippen LogP contribution is -2.39. The van der Waals surface area contributed by atoms with Gasteiger partial charge < -0.3 is 9.64 Å². The van der Waals surface area contributed by atoms with Gasteiger partial charge in [0.15, 0.2) is 0 Å². The number of carbonyl (C=O) groups is 1. The molecule has 1 fully saturated rings. The molecule has 3 nitrogen and oxygen atoms in total. The Labute approximate surface area is 93.0 Å². The molecule has 1 aliphatic rings. The Hall–Kier alpha value is -1.13. The molecule has 1 aliphatic heterocycles. The maximum absolute atomic E-state index is 11.7. The number of hydrogen-bond acceptors (Lipinski definition) is 3. The van der Waals surface area contributed by atoms with Gasteiger partial charge in [0.2, 0.25) is 5.91 Å². The van der Waals surface area contributed by atoms with Crippen molar-refractivity contribution in [3.8, 4) is 0 Å². The van der Waals surface area contributed by atoms with Crippen molar-refractivity contribution in [2.45, 2.75) is 0 Å². The van der Waals surface area contributed by atoms with Gasteiger partial charge >= 0.3 is 0 Å². The first kappa shape index (κ1) is 10.4. The maximum Gasteiger partial charge on any atom is 0.246 e. The molecule has 2 heterocycles. The van der Waals surface area contributed by atoms with Gasteiger partial charge in [-0.2, -0.15) is 0 Å². The molecule has 1 amide bonds. The van der Waals surface area contributed by atoms with Gasteiger partial charge in [0.25, 0.3) is 0 Å². The first-order valence-electron chi connectivity index (χ1n) is 4.94. The molecule has 80 valence electrons. The quantitative estimate of drug-likeness (QED) is 0.713. The highest BCUT2D eigenvalue weighted by atomic mass is 32.1. The minimum absolute atomic E-state index is 0.0756. The van der Waals surface area contributed by atoms with E-state index in [0.29, 0.717) is 26.3 Å². The van der Waals surface area contributed by atoms with E-state index in [0.717, 1.165) is 4.88 Å². The van der Waals surface area contributed by atoms with Gasteiger partial charge in [0.05, 0.1) is 13.2 Å². The average molecular weight is 223 g/mol. The van der Waals surface area contributed by atoms with Crippen LogP contribution in [0.2, 0.25) is 0 Å². The number of carbonyl (C=O) groups excluding carboxylic acids is 1. The third-order valence-electron chi connectivity index (χ3n) is 2.26. The number of ether oxygens (including phenoxy) is 1. The number of rotatable bonds is 2. The largest absolute Gasteiger partial charge is 0.378 e. The second-order valence-corrected chi connectivity index (χ2v) is 4.27. The van der Waals surface area contributed by atoms with E-state index in [-0.39, 0.29) is 5.91 Å².